The van der Waals surface area contributed by atoms with Crippen LogP contribution in [0.1, 0.15) is 11.5 Å². The highest BCUT2D eigenvalue weighted by molar-refractivity contribution is 7.91. The third-order valence-corrected chi connectivity index (χ3v) is 5.71. The van der Waals surface area contributed by atoms with Crippen LogP contribution < -0.4 is 0 Å². The average Bonchev–Trinajstić information content (AvgIpc) is 3.11. The smallest absolute Gasteiger partial charge is 0.331 e. The SMILES string of the molecule is O=S(=O)(c1[c]ccc(-c2noc(C(F)(F)Cl)n2)c1)c1ccc(C(F)(F)F)c(Cl)c1. The van der Waals surface area contributed by atoms with E-state index in [1.165, 1.54) is 6.07 Å². The van der Waals surface area contributed by atoms with Gasteiger partial charge in [-0.3, -0.25) is 0 Å². The summed E-state index contributed by atoms with van der Waals surface area (Å²) in [4.78, 5) is 2.39. The Morgan fingerprint density at radius 1 is 1.07 bits per heavy atom. The first kappa shape index (κ1) is 21.5. The Balaban J connectivity index is 2.02. The van der Waals surface area contributed by atoms with E-state index in [0.29, 0.717) is 12.1 Å². The molecule has 153 valence electrons. The second-order valence-electron chi connectivity index (χ2n) is 5.51. The van der Waals surface area contributed by atoms with Crippen LogP contribution in [0.5, 0.6) is 0 Å². The third kappa shape index (κ3) is 4.36. The maximum Gasteiger partial charge on any atom is 0.417 e. The summed E-state index contributed by atoms with van der Waals surface area (Å²) in [6.07, 6.45) is -4.76. The molecule has 0 fully saturated rings. The number of nitrogens with zero attached hydrogens (tertiary/aromatic N) is 2. The molecule has 0 unspecified atom stereocenters. The van der Waals surface area contributed by atoms with Crippen LogP contribution >= 0.6 is 23.2 Å². The molecule has 1 heterocycles. The summed E-state index contributed by atoms with van der Waals surface area (Å²) < 4.78 is 94.2. The van der Waals surface area contributed by atoms with E-state index in [9.17, 15) is 30.4 Å². The summed E-state index contributed by atoms with van der Waals surface area (Å²) >= 11 is 10.3. The van der Waals surface area contributed by atoms with Gasteiger partial charge >= 0.3 is 17.4 Å². The van der Waals surface area contributed by atoms with Gasteiger partial charge in [-0.25, -0.2) is 8.42 Å². The summed E-state index contributed by atoms with van der Waals surface area (Å²) in [5.74, 6) is -1.57. The first-order chi connectivity index (χ1) is 13.3. The third-order valence-electron chi connectivity index (χ3n) is 3.55. The summed E-state index contributed by atoms with van der Waals surface area (Å²) in [5.41, 5.74) is -1.23. The van der Waals surface area contributed by atoms with E-state index in [2.05, 4.69) is 20.7 Å². The van der Waals surface area contributed by atoms with Crippen LogP contribution in [-0.2, 0) is 21.4 Å². The van der Waals surface area contributed by atoms with Crippen molar-refractivity contribution in [2.75, 3.05) is 0 Å². The average molecular weight is 472 g/mol. The van der Waals surface area contributed by atoms with Crippen molar-refractivity contribution in [1.82, 2.24) is 10.1 Å². The second-order valence-corrected chi connectivity index (χ2v) is 8.31. The molecule has 1 radical (unpaired) electrons. The van der Waals surface area contributed by atoms with Gasteiger partial charge < -0.3 is 4.52 Å². The fraction of sp³-hybridized carbons (Fsp3) is 0.125. The van der Waals surface area contributed by atoms with Crippen molar-refractivity contribution in [1.29, 1.82) is 0 Å². The molecule has 29 heavy (non-hydrogen) atoms. The van der Waals surface area contributed by atoms with Crippen molar-refractivity contribution in [3.63, 3.8) is 0 Å². The molecule has 5 nitrogen and oxygen atoms in total. The molecule has 0 N–H and O–H groups in total. The molecule has 0 saturated heterocycles. The van der Waals surface area contributed by atoms with Gasteiger partial charge in [0.1, 0.15) is 0 Å². The maximum absolute atomic E-state index is 13.0. The zero-order valence-electron chi connectivity index (χ0n) is 13.6. The van der Waals surface area contributed by atoms with Gasteiger partial charge in [0.15, 0.2) is 0 Å². The minimum atomic E-state index is -4.76. The van der Waals surface area contributed by atoms with Crippen molar-refractivity contribution in [2.45, 2.75) is 21.3 Å². The lowest BCUT2D eigenvalue weighted by atomic mass is 10.2. The molecule has 0 bridgehead atoms. The number of sulfone groups is 1. The molecule has 0 spiro atoms. The lowest BCUT2D eigenvalue weighted by molar-refractivity contribution is -0.137. The summed E-state index contributed by atoms with van der Waals surface area (Å²) in [6, 6.07) is 7.73. The molecule has 2 aromatic carbocycles. The van der Waals surface area contributed by atoms with Gasteiger partial charge in [0.25, 0.3) is 0 Å². The minimum absolute atomic E-state index is 0.0312. The largest absolute Gasteiger partial charge is 0.417 e. The maximum atomic E-state index is 13.0. The number of rotatable bonds is 4. The molecule has 0 aliphatic heterocycles. The number of hydrogen-bond donors (Lipinski definition) is 0. The topological polar surface area (TPSA) is 73.1 Å². The van der Waals surface area contributed by atoms with Crippen molar-refractivity contribution in [3.05, 3.63) is 58.9 Å². The van der Waals surface area contributed by atoms with Crippen LogP contribution in [0.15, 0.2) is 50.7 Å². The van der Waals surface area contributed by atoms with Crippen LogP contribution in [0.4, 0.5) is 22.0 Å². The Morgan fingerprint density at radius 3 is 2.31 bits per heavy atom. The quantitative estimate of drug-likeness (QED) is 0.379. The van der Waals surface area contributed by atoms with Crippen molar-refractivity contribution in [3.8, 4) is 11.4 Å². The molecule has 0 aliphatic carbocycles. The summed E-state index contributed by atoms with van der Waals surface area (Å²) in [5, 5.41) is -1.43. The normalized spacial score (nSPS) is 12.9. The standard InChI is InChI=1S/C16H6Cl2F5N2O3S/c17-12-7-10(4-5-11(12)16(21,22)23)29(26,27)9-3-1-2-8(6-9)13-24-14(28-25-13)15(18,19)20/h1-2,4-7H. The molecule has 0 saturated carbocycles. The Labute approximate surface area is 170 Å². The molecule has 3 rings (SSSR count). The first-order valence-corrected chi connectivity index (χ1v) is 9.59. The van der Waals surface area contributed by atoms with E-state index in [1.807, 2.05) is 0 Å². The number of benzene rings is 2. The van der Waals surface area contributed by atoms with Gasteiger partial charge in [0, 0.05) is 11.6 Å². The van der Waals surface area contributed by atoms with Crippen LogP contribution in [0.3, 0.4) is 0 Å². The van der Waals surface area contributed by atoms with Crippen LogP contribution in [0.2, 0.25) is 5.02 Å². The number of hydrogen-bond acceptors (Lipinski definition) is 5. The monoisotopic (exact) mass is 471 g/mol. The first-order valence-electron chi connectivity index (χ1n) is 7.35. The van der Waals surface area contributed by atoms with E-state index in [-0.39, 0.29) is 11.4 Å². The summed E-state index contributed by atoms with van der Waals surface area (Å²) in [6.45, 7) is 0. The molecule has 0 atom stereocenters. The van der Waals surface area contributed by atoms with Gasteiger partial charge in [0.05, 0.1) is 20.4 Å². The lowest BCUT2D eigenvalue weighted by Crippen LogP contribution is -2.08. The van der Waals surface area contributed by atoms with E-state index in [0.717, 1.165) is 18.2 Å². The molecule has 0 amide bonds. The lowest BCUT2D eigenvalue weighted by Gasteiger charge is -2.11. The number of halogens is 7. The number of aromatic nitrogens is 2. The Hall–Kier alpha value is -2.24. The fourth-order valence-corrected chi connectivity index (χ4v) is 3.92. The van der Waals surface area contributed by atoms with Crippen molar-refractivity contribution in [2.24, 2.45) is 0 Å². The highest BCUT2D eigenvalue weighted by Crippen LogP contribution is 2.37. The van der Waals surface area contributed by atoms with Gasteiger partial charge in [-0.1, -0.05) is 28.9 Å². The van der Waals surface area contributed by atoms with E-state index >= 15 is 0 Å². The van der Waals surface area contributed by atoms with E-state index in [1.54, 1.807) is 0 Å². The van der Waals surface area contributed by atoms with Gasteiger partial charge in [0.2, 0.25) is 15.7 Å². The van der Waals surface area contributed by atoms with Gasteiger partial charge in [-0.2, -0.15) is 26.9 Å². The summed E-state index contributed by atoms with van der Waals surface area (Å²) in [7, 11) is -4.34. The van der Waals surface area contributed by atoms with Gasteiger partial charge in [-0.05, 0) is 35.9 Å². The zero-order chi connectivity index (χ0) is 21.6. The highest BCUT2D eigenvalue weighted by atomic mass is 35.5. The Kier molecular flexibility index (Phi) is 5.35. The second kappa shape index (κ2) is 7.22. The molecule has 0 aliphatic rings. The Morgan fingerprint density at radius 2 is 1.76 bits per heavy atom. The van der Waals surface area contributed by atoms with Gasteiger partial charge in [-0.15, -0.1) is 0 Å². The van der Waals surface area contributed by atoms with Crippen molar-refractivity contribution >= 4 is 33.0 Å². The predicted octanol–water partition coefficient (Wildman–Crippen LogP) is 5.33. The minimum Gasteiger partial charge on any atom is -0.331 e. The van der Waals surface area contributed by atoms with Crippen molar-refractivity contribution < 1.29 is 34.9 Å². The molecule has 3 aromatic rings. The van der Waals surface area contributed by atoms with Crippen LogP contribution in [0.25, 0.3) is 11.4 Å². The van der Waals surface area contributed by atoms with E-state index < -0.39 is 47.7 Å². The van der Waals surface area contributed by atoms with Crippen LogP contribution in [0, 0.1) is 6.07 Å². The predicted molar refractivity (Wildman–Crippen MR) is 90.2 cm³/mol. The Bertz CT molecular complexity index is 1170. The zero-order valence-corrected chi connectivity index (χ0v) is 16.0. The molecule has 1 aromatic heterocycles. The fourth-order valence-electron chi connectivity index (χ4n) is 2.21. The molecular formula is C16H6Cl2F5N2O3S. The molecular weight excluding hydrogens is 466 g/mol. The van der Waals surface area contributed by atoms with Crippen LogP contribution in [-0.4, -0.2) is 18.6 Å². The number of alkyl halides is 6. The van der Waals surface area contributed by atoms with E-state index in [4.69, 9.17) is 23.2 Å². The highest BCUT2D eigenvalue weighted by Gasteiger charge is 2.36. The molecule has 13 heteroatoms.